The summed E-state index contributed by atoms with van der Waals surface area (Å²) in [5, 5.41) is 0. The van der Waals surface area contributed by atoms with Gasteiger partial charge in [0.15, 0.2) is 0 Å². The Morgan fingerprint density at radius 3 is 2.77 bits per heavy atom. The highest BCUT2D eigenvalue weighted by atomic mass is 15.1. The molecule has 0 amide bonds. The molecule has 0 aliphatic carbocycles. The third-order valence-corrected chi connectivity index (χ3v) is 2.36. The molecular weight excluding hydrogens is 160 g/mol. The first-order valence-electron chi connectivity index (χ1n) is 4.79. The standard InChI is InChI=1S/C11H18N2/c1-10(2)13(3)8-6-11-5-4-7-12-9-11/h4-5,7,9-10H,6,8H2,1-3H3. The van der Waals surface area contributed by atoms with Gasteiger partial charge < -0.3 is 4.90 Å². The molecule has 1 aromatic heterocycles. The molecule has 0 fully saturated rings. The van der Waals surface area contributed by atoms with E-state index in [4.69, 9.17) is 0 Å². The van der Waals surface area contributed by atoms with Crippen molar-refractivity contribution >= 4 is 0 Å². The van der Waals surface area contributed by atoms with E-state index in [2.05, 4.69) is 36.8 Å². The molecule has 13 heavy (non-hydrogen) atoms. The van der Waals surface area contributed by atoms with Gasteiger partial charge in [-0.25, -0.2) is 0 Å². The number of pyridine rings is 1. The van der Waals surface area contributed by atoms with Crippen LogP contribution >= 0.6 is 0 Å². The molecule has 0 unspecified atom stereocenters. The fourth-order valence-corrected chi connectivity index (χ4v) is 1.11. The molecule has 0 saturated carbocycles. The van der Waals surface area contributed by atoms with E-state index in [9.17, 15) is 0 Å². The monoisotopic (exact) mass is 178 g/mol. The van der Waals surface area contributed by atoms with Crippen molar-refractivity contribution in [3.05, 3.63) is 30.1 Å². The largest absolute Gasteiger partial charge is 0.304 e. The molecule has 0 aliphatic heterocycles. The van der Waals surface area contributed by atoms with Crippen molar-refractivity contribution in [1.82, 2.24) is 9.88 Å². The summed E-state index contributed by atoms with van der Waals surface area (Å²) < 4.78 is 0. The van der Waals surface area contributed by atoms with Crippen molar-refractivity contribution in [3.63, 3.8) is 0 Å². The van der Waals surface area contributed by atoms with E-state index in [1.54, 1.807) is 0 Å². The van der Waals surface area contributed by atoms with E-state index in [-0.39, 0.29) is 0 Å². The van der Waals surface area contributed by atoms with Gasteiger partial charge in [0, 0.05) is 25.0 Å². The number of hydrogen-bond acceptors (Lipinski definition) is 2. The zero-order chi connectivity index (χ0) is 9.68. The Balaban J connectivity index is 2.35. The minimum atomic E-state index is 0.622. The summed E-state index contributed by atoms with van der Waals surface area (Å²) >= 11 is 0. The molecule has 72 valence electrons. The van der Waals surface area contributed by atoms with Crippen molar-refractivity contribution in [2.45, 2.75) is 26.3 Å². The van der Waals surface area contributed by atoms with Gasteiger partial charge in [0.1, 0.15) is 0 Å². The average Bonchev–Trinajstić information content (AvgIpc) is 2.15. The predicted molar refractivity (Wildman–Crippen MR) is 55.7 cm³/mol. The molecule has 1 rings (SSSR count). The summed E-state index contributed by atoms with van der Waals surface area (Å²) in [7, 11) is 2.15. The maximum absolute atomic E-state index is 4.09. The van der Waals surface area contributed by atoms with Crippen molar-refractivity contribution in [3.8, 4) is 0 Å². The smallest absolute Gasteiger partial charge is 0.0300 e. The number of likely N-dealkylation sites (N-methyl/N-ethyl adjacent to an activating group) is 1. The lowest BCUT2D eigenvalue weighted by Gasteiger charge is -2.20. The van der Waals surface area contributed by atoms with E-state index >= 15 is 0 Å². The maximum Gasteiger partial charge on any atom is 0.0300 e. The molecule has 2 heteroatoms. The third kappa shape index (κ3) is 3.55. The lowest BCUT2D eigenvalue weighted by atomic mass is 10.2. The minimum Gasteiger partial charge on any atom is -0.304 e. The SMILES string of the molecule is CC(C)N(C)CCc1cccnc1. The second kappa shape index (κ2) is 4.97. The minimum absolute atomic E-state index is 0.622. The Bertz CT molecular complexity index is 231. The first kappa shape index (κ1) is 10.2. The van der Waals surface area contributed by atoms with Crippen LogP contribution in [-0.2, 0) is 6.42 Å². The van der Waals surface area contributed by atoms with E-state index < -0.39 is 0 Å². The quantitative estimate of drug-likeness (QED) is 0.700. The fourth-order valence-electron chi connectivity index (χ4n) is 1.11. The second-order valence-corrected chi connectivity index (χ2v) is 3.69. The molecule has 0 spiro atoms. The summed E-state index contributed by atoms with van der Waals surface area (Å²) in [6.07, 6.45) is 4.84. The number of nitrogens with zero attached hydrogens (tertiary/aromatic N) is 2. The molecule has 0 radical (unpaired) electrons. The van der Waals surface area contributed by atoms with Crippen LogP contribution in [0.5, 0.6) is 0 Å². The molecule has 2 nitrogen and oxygen atoms in total. The van der Waals surface area contributed by atoms with Crippen LogP contribution in [0.4, 0.5) is 0 Å². The molecule has 1 heterocycles. The van der Waals surface area contributed by atoms with Crippen LogP contribution in [0.1, 0.15) is 19.4 Å². The van der Waals surface area contributed by atoms with Crippen LogP contribution in [-0.4, -0.2) is 29.5 Å². The number of aromatic nitrogens is 1. The van der Waals surface area contributed by atoms with Gasteiger partial charge in [0.25, 0.3) is 0 Å². The molecule has 0 saturated heterocycles. The Morgan fingerprint density at radius 2 is 2.23 bits per heavy atom. The summed E-state index contributed by atoms with van der Waals surface area (Å²) in [6, 6.07) is 4.74. The molecule has 0 N–H and O–H groups in total. The molecule has 0 bridgehead atoms. The van der Waals surface area contributed by atoms with Crippen molar-refractivity contribution in [2.75, 3.05) is 13.6 Å². The van der Waals surface area contributed by atoms with Gasteiger partial charge in [0.2, 0.25) is 0 Å². The van der Waals surface area contributed by atoms with Gasteiger partial charge in [-0.15, -0.1) is 0 Å². The molecular formula is C11H18N2. The van der Waals surface area contributed by atoms with Crippen LogP contribution in [0.25, 0.3) is 0 Å². The number of hydrogen-bond donors (Lipinski definition) is 0. The van der Waals surface area contributed by atoms with E-state index in [1.807, 2.05) is 18.5 Å². The lowest BCUT2D eigenvalue weighted by Crippen LogP contribution is -2.28. The highest BCUT2D eigenvalue weighted by Gasteiger charge is 2.02. The predicted octanol–water partition coefficient (Wildman–Crippen LogP) is 1.96. The first-order chi connectivity index (χ1) is 6.20. The summed E-state index contributed by atoms with van der Waals surface area (Å²) in [5.74, 6) is 0. The van der Waals surface area contributed by atoms with Crippen LogP contribution < -0.4 is 0 Å². The Hall–Kier alpha value is -0.890. The van der Waals surface area contributed by atoms with Gasteiger partial charge in [-0.05, 0) is 38.9 Å². The molecule has 0 aliphatic rings. The summed E-state index contributed by atoms with van der Waals surface area (Å²) in [6.45, 7) is 5.52. The van der Waals surface area contributed by atoms with Crippen LogP contribution in [0.15, 0.2) is 24.5 Å². The lowest BCUT2D eigenvalue weighted by molar-refractivity contribution is 0.277. The first-order valence-corrected chi connectivity index (χ1v) is 4.79. The normalized spacial score (nSPS) is 11.2. The molecule has 0 aromatic carbocycles. The highest BCUT2D eigenvalue weighted by Crippen LogP contribution is 2.00. The molecule has 0 atom stereocenters. The van der Waals surface area contributed by atoms with E-state index in [1.165, 1.54) is 5.56 Å². The second-order valence-electron chi connectivity index (χ2n) is 3.69. The van der Waals surface area contributed by atoms with Crippen molar-refractivity contribution in [1.29, 1.82) is 0 Å². The van der Waals surface area contributed by atoms with Crippen LogP contribution in [0.3, 0.4) is 0 Å². The van der Waals surface area contributed by atoms with E-state index in [0.29, 0.717) is 6.04 Å². The van der Waals surface area contributed by atoms with Gasteiger partial charge in [-0.1, -0.05) is 6.07 Å². The van der Waals surface area contributed by atoms with Gasteiger partial charge in [0.05, 0.1) is 0 Å². The zero-order valence-electron chi connectivity index (χ0n) is 8.70. The third-order valence-electron chi connectivity index (χ3n) is 2.36. The van der Waals surface area contributed by atoms with Crippen molar-refractivity contribution in [2.24, 2.45) is 0 Å². The van der Waals surface area contributed by atoms with Gasteiger partial charge in [-0.2, -0.15) is 0 Å². The van der Waals surface area contributed by atoms with Gasteiger partial charge >= 0.3 is 0 Å². The Labute approximate surface area is 80.6 Å². The Morgan fingerprint density at radius 1 is 1.46 bits per heavy atom. The summed E-state index contributed by atoms with van der Waals surface area (Å²) in [4.78, 5) is 6.43. The summed E-state index contributed by atoms with van der Waals surface area (Å²) in [5.41, 5.74) is 1.31. The van der Waals surface area contributed by atoms with Gasteiger partial charge in [-0.3, -0.25) is 4.98 Å². The average molecular weight is 178 g/mol. The number of rotatable bonds is 4. The van der Waals surface area contributed by atoms with Crippen LogP contribution in [0.2, 0.25) is 0 Å². The topological polar surface area (TPSA) is 16.1 Å². The zero-order valence-corrected chi connectivity index (χ0v) is 8.70. The fraction of sp³-hybridized carbons (Fsp3) is 0.545. The van der Waals surface area contributed by atoms with E-state index in [0.717, 1.165) is 13.0 Å². The van der Waals surface area contributed by atoms with Crippen LogP contribution in [0, 0.1) is 0 Å². The maximum atomic E-state index is 4.09. The molecule has 1 aromatic rings. The Kier molecular flexibility index (Phi) is 3.90. The van der Waals surface area contributed by atoms with Crippen molar-refractivity contribution < 1.29 is 0 Å². The highest BCUT2D eigenvalue weighted by molar-refractivity contribution is 5.08.